The van der Waals surface area contributed by atoms with E-state index < -0.39 is 0 Å². The number of anilines is 1. The Bertz CT molecular complexity index is 712. The van der Waals surface area contributed by atoms with E-state index in [-0.39, 0.29) is 0 Å². The smallest absolute Gasteiger partial charge is 0.191 e. The monoisotopic (exact) mass is 347 g/mol. The van der Waals surface area contributed by atoms with E-state index >= 15 is 0 Å². The van der Waals surface area contributed by atoms with E-state index in [2.05, 4.69) is 36.7 Å². The molecule has 0 amide bonds. The number of halogens is 1. The van der Waals surface area contributed by atoms with E-state index in [0.717, 1.165) is 42.0 Å². The van der Waals surface area contributed by atoms with Crippen LogP contribution in [0.2, 0.25) is 5.02 Å². The van der Waals surface area contributed by atoms with E-state index in [1.807, 2.05) is 25.2 Å². The summed E-state index contributed by atoms with van der Waals surface area (Å²) in [6.45, 7) is 2.50. The Labute approximate surface area is 146 Å². The maximum absolute atomic E-state index is 6.08. The number of aryl methyl sites for hydroxylation is 1. The molecular formula is C16H22ClN7. The Morgan fingerprint density at radius 2 is 2.33 bits per heavy atom. The minimum atomic E-state index is 0.342. The van der Waals surface area contributed by atoms with Crippen LogP contribution >= 0.6 is 11.6 Å². The first kappa shape index (κ1) is 16.6. The molecule has 2 heterocycles. The van der Waals surface area contributed by atoms with Crippen molar-refractivity contribution in [1.82, 2.24) is 25.4 Å². The summed E-state index contributed by atoms with van der Waals surface area (Å²) in [5.74, 6) is 1.64. The van der Waals surface area contributed by atoms with Crippen molar-refractivity contribution in [1.29, 1.82) is 0 Å². The molecule has 2 aromatic rings. The average Bonchev–Trinajstić information content (AvgIpc) is 3.20. The molecule has 1 fully saturated rings. The van der Waals surface area contributed by atoms with Crippen LogP contribution in [-0.2, 0) is 13.6 Å². The number of guanidine groups is 1. The lowest BCUT2D eigenvalue weighted by molar-refractivity contribution is 0.632. The van der Waals surface area contributed by atoms with Gasteiger partial charge in [-0.2, -0.15) is 5.10 Å². The maximum Gasteiger partial charge on any atom is 0.191 e. The second-order valence-corrected chi connectivity index (χ2v) is 6.22. The van der Waals surface area contributed by atoms with Gasteiger partial charge in [-0.3, -0.25) is 9.67 Å². The molecule has 0 aliphatic carbocycles. The molecule has 7 nitrogen and oxygen atoms in total. The number of hydrogen-bond donors (Lipinski definition) is 2. The number of aromatic nitrogens is 3. The van der Waals surface area contributed by atoms with Gasteiger partial charge in [-0.15, -0.1) is 0 Å². The van der Waals surface area contributed by atoms with Crippen molar-refractivity contribution in [2.45, 2.75) is 19.0 Å². The zero-order valence-electron chi connectivity index (χ0n) is 13.9. The summed E-state index contributed by atoms with van der Waals surface area (Å²) in [6.07, 6.45) is 2.60. The van der Waals surface area contributed by atoms with Gasteiger partial charge in [-0.25, -0.2) is 4.98 Å². The largest absolute Gasteiger partial charge is 0.369 e. The van der Waals surface area contributed by atoms with Gasteiger partial charge >= 0.3 is 0 Å². The van der Waals surface area contributed by atoms with E-state index in [1.165, 1.54) is 0 Å². The van der Waals surface area contributed by atoms with Crippen LogP contribution in [0.25, 0.3) is 0 Å². The highest BCUT2D eigenvalue weighted by molar-refractivity contribution is 6.30. The van der Waals surface area contributed by atoms with Crippen LogP contribution in [-0.4, -0.2) is 46.9 Å². The van der Waals surface area contributed by atoms with Crippen molar-refractivity contribution < 1.29 is 0 Å². The molecule has 1 atom stereocenters. The molecule has 1 aromatic carbocycles. The fraction of sp³-hybridized carbons (Fsp3) is 0.438. The van der Waals surface area contributed by atoms with Gasteiger partial charge in [-0.1, -0.05) is 17.7 Å². The second kappa shape index (κ2) is 7.53. The number of hydrogen-bond acceptors (Lipinski definition) is 4. The Hall–Kier alpha value is -2.28. The van der Waals surface area contributed by atoms with Crippen molar-refractivity contribution in [2.75, 3.05) is 25.0 Å². The van der Waals surface area contributed by atoms with Crippen LogP contribution in [0.5, 0.6) is 0 Å². The lowest BCUT2D eigenvalue weighted by atomic mass is 10.3. The first-order valence-corrected chi connectivity index (χ1v) is 8.34. The van der Waals surface area contributed by atoms with Gasteiger partial charge in [-0.05, 0) is 24.6 Å². The highest BCUT2D eigenvalue weighted by atomic mass is 35.5. The number of nitrogens with one attached hydrogen (secondary N) is 2. The maximum atomic E-state index is 6.08. The van der Waals surface area contributed by atoms with E-state index in [0.29, 0.717) is 12.6 Å². The van der Waals surface area contributed by atoms with Crippen molar-refractivity contribution in [3.63, 3.8) is 0 Å². The Morgan fingerprint density at radius 3 is 3.04 bits per heavy atom. The summed E-state index contributed by atoms with van der Waals surface area (Å²) < 4.78 is 1.75. The minimum absolute atomic E-state index is 0.342. The Morgan fingerprint density at radius 1 is 1.46 bits per heavy atom. The predicted molar refractivity (Wildman–Crippen MR) is 96.4 cm³/mol. The fourth-order valence-electron chi connectivity index (χ4n) is 2.82. The van der Waals surface area contributed by atoms with Crippen molar-refractivity contribution >= 4 is 23.2 Å². The first-order valence-electron chi connectivity index (χ1n) is 7.96. The molecule has 0 saturated carbocycles. The SMILES string of the molecule is CN=C(NCc1ncnn1C)NC1CCN(c2cccc(Cl)c2)C1. The summed E-state index contributed by atoms with van der Waals surface area (Å²) in [7, 11) is 3.65. The number of aliphatic imine (C=N–C) groups is 1. The molecular weight excluding hydrogens is 326 g/mol. The number of benzene rings is 1. The molecule has 0 bridgehead atoms. The molecule has 0 spiro atoms. The molecule has 1 saturated heterocycles. The minimum Gasteiger partial charge on any atom is -0.369 e. The molecule has 128 valence electrons. The van der Waals surface area contributed by atoms with Gasteiger partial charge in [0, 0.05) is 43.9 Å². The third-order valence-corrected chi connectivity index (χ3v) is 4.38. The van der Waals surface area contributed by atoms with Crippen LogP contribution in [0, 0.1) is 0 Å². The normalized spacial score (nSPS) is 18.0. The van der Waals surface area contributed by atoms with Crippen molar-refractivity contribution in [3.05, 3.63) is 41.4 Å². The highest BCUT2D eigenvalue weighted by Gasteiger charge is 2.23. The van der Waals surface area contributed by atoms with Crippen molar-refractivity contribution in [3.8, 4) is 0 Å². The van der Waals surface area contributed by atoms with Crippen molar-refractivity contribution in [2.24, 2.45) is 12.0 Å². The molecule has 24 heavy (non-hydrogen) atoms. The van der Waals surface area contributed by atoms with Crippen LogP contribution in [0.1, 0.15) is 12.2 Å². The summed E-state index contributed by atoms with van der Waals surface area (Å²) in [4.78, 5) is 10.8. The molecule has 2 N–H and O–H groups in total. The number of nitrogens with zero attached hydrogens (tertiary/aromatic N) is 5. The number of rotatable bonds is 4. The zero-order chi connectivity index (χ0) is 16.9. The molecule has 0 radical (unpaired) electrons. The lowest BCUT2D eigenvalue weighted by Crippen LogP contribution is -2.44. The van der Waals surface area contributed by atoms with E-state index in [9.17, 15) is 0 Å². The Kier molecular flexibility index (Phi) is 5.20. The summed E-state index contributed by atoms with van der Waals surface area (Å²) in [5, 5.41) is 11.6. The van der Waals surface area contributed by atoms with Gasteiger partial charge in [0.2, 0.25) is 0 Å². The van der Waals surface area contributed by atoms with E-state index in [4.69, 9.17) is 11.6 Å². The highest BCUT2D eigenvalue weighted by Crippen LogP contribution is 2.23. The standard InChI is InChI=1S/C16H22ClN7/c1-18-16(19-9-15-20-11-21-23(15)2)22-13-6-7-24(10-13)14-5-3-4-12(17)8-14/h3-5,8,11,13H,6-7,9-10H2,1-2H3,(H2,18,19,22). The third kappa shape index (κ3) is 3.97. The van der Waals surface area contributed by atoms with E-state index in [1.54, 1.807) is 18.1 Å². The van der Waals surface area contributed by atoms with Gasteiger partial charge in [0.05, 0.1) is 6.54 Å². The second-order valence-electron chi connectivity index (χ2n) is 5.78. The predicted octanol–water partition coefficient (Wildman–Crippen LogP) is 1.41. The van der Waals surface area contributed by atoms with Crippen LogP contribution in [0.4, 0.5) is 5.69 Å². The molecule has 1 aromatic heterocycles. The first-order chi connectivity index (χ1) is 11.7. The molecule has 1 aliphatic heterocycles. The molecule has 1 aliphatic rings. The zero-order valence-corrected chi connectivity index (χ0v) is 14.7. The van der Waals surface area contributed by atoms with Gasteiger partial charge < -0.3 is 15.5 Å². The topological polar surface area (TPSA) is 70.4 Å². The van der Waals surface area contributed by atoms with Crippen LogP contribution < -0.4 is 15.5 Å². The summed E-state index contributed by atoms with van der Waals surface area (Å²) >= 11 is 6.08. The third-order valence-electron chi connectivity index (χ3n) is 4.15. The molecule has 1 unspecified atom stereocenters. The van der Waals surface area contributed by atoms with Gasteiger partial charge in [0.25, 0.3) is 0 Å². The lowest BCUT2D eigenvalue weighted by Gasteiger charge is -2.20. The average molecular weight is 348 g/mol. The summed E-state index contributed by atoms with van der Waals surface area (Å²) in [6, 6.07) is 8.32. The molecule has 3 rings (SSSR count). The quantitative estimate of drug-likeness (QED) is 0.646. The Balaban J connectivity index is 1.53. The van der Waals surface area contributed by atoms with Gasteiger partial charge in [0.1, 0.15) is 12.2 Å². The summed E-state index contributed by atoms with van der Waals surface area (Å²) in [5.41, 5.74) is 1.16. The van der Waals surface area contributed by atoms with Gasteiger partial charge in [0.15, 0.2) is 5.96 Å². The molecule has 8 heteroatoms. The van der Waals surface area contributed by atoms with Crippen LogP contribution in [0.3, 0.4) is 0 Å². The van der Waals surface area contributed by atoms with Crippen LogP contribution in [0.15, 0.2) is 35.6 Å². The fourth-order valence-corrected chi connectivity index (χ4v) is 3.00.